The van der Waals surface area contributed by atoms with E-state index in [2.05, 4.69) is 0 Å². The number of carboxylic acids is 1. The van der Waals surface area contributed by atoms with E-state index in [1.165, 1.54) is 0 Å². The molecule has 0 saturated carbocycles. The molecule has 1 aliphatic heterocycles. The van der Waals surface area contributed by atoms with Gasteiger partial charge in [0.05, 0.1) is 19.0 Å². The summed E-state index contributed by atoms with van der Waals surface area (Å²) in [5, 5.41) is 8.55. The molecule has 1 heterocycles. The summed E-state index contributed by atoms with van der Waals surface area (Å²) in [5.41, 5.74) is 5.06. The van der Waals surface area contributed by atoms with E-state index in [1.54, 1.807) is 4.90 Å². The second kappa shape index (κ2) is 5.67. The van der Waals surface area contributed by atoms with Crippen molar-refractivity contribution in [2.24, 2.45) is 17.6 Å². The summed E-state index contributed by atoms with van der Waals surface area (Å²) in [7, 11) is 0. The van der Waals surface area contributed by atoms with E-state index in [1.807, 2.05) is 20.8 Å². The maximum atomic E-state index is 12.1. The molecule has 6 heteroatoms. The lowest BCUT2D eigenvalue weighted by atomic mass is 9.89. The highest BCUT2D eigenvalue weighted by atomic mass is 16.5. The first-order valence-corrected chi connectivity index (χ1v) is 6.13. The van der Waals surface area contributed by atoms with Gasteiger partial charge in [0.2, 0.25) is 5.91 Å². The monoisotopic (exact) mass is 258 g/mol. The first-order chi connectivity index (χ1) is 8.29. The molecule has 1 atom stereocenters. The van der Waals surface area contributed by atoms with Gasteiger partial charge in [0.15, 0.2) is 0 Å². The fourth-order valence-electron chi connectivity index (χ4n) is 2.14. The van der Waals surface area contributed by atoms with Crippen LogP contribution in [0.2, 0.25) is 0 Å². The Morgan fingerprint density at radius 2 is 2.00 bits per heavy atom. The zero-order valence-corrected chi connectivity index (χ0v) is 11.2. The van der Waals surface area contributed by atoms with Gasteiger partial charge in [-0.25, -0.2) is 4.79 Å². The molecule has 0 bridgehead atoms. The van der Waals surface area contributed by atoms with E-state index in [9.17, 15) is 9.59 Å². The Morgan fingerprint density at radius 3 is 2.39 bits per heavy atom. The molecule has 1 fully saturated rings. The number of nitrogens with two attached hydrogens (primary N) is 1. The number of carbonyl (C=O) groups is 2. The van der Waals surface area contributed by atoms with Crippen molar-refractivity contribution in [2.75, 3.05) is 26.2 Å². The zero-order chi connectivity index (χ0) is 13.9. The number of amides is 1. The van der Waals surface area contributed by atoms with Crippen LogP contribution in [0, 0.1) is 11.8 Å². The average Bonchev–Trinajstić information content (AvgIpc) is 2.22. The highest BCUT2D eigenvalue weighted by Gasteiger charge is 2.44. The number of hydrogen-bond acceptors (Lipinski definition) is 4. The summed E-state index contributed by atoms with van der Waals surface area (Å²) in [6, 6.07) is 0. The Bertz CT molecular complexity index is 324. The van der Waals surface area contributed by atoms with E-state index in [0.29, 0.717) is 19.6 Å². The van der Waals surface area contributed by atoms with E-state index < -0.39 is 11.6 Å². The molecule has 1 aliphatic rings. The Kier molecular flexibility index (Phi) is 4.70. The van der Waals surface area contributed by atoms with E-state index in [-0.39, 0.29) is 24.3 Å². The maximum Gasteiger partial charge on any atom is 0.329 e. The number of carboxylic acid groups (broad SMARTS) is 1. The predicted molar refractivity (Wildman–Crippen MR) is 66.0 cm³/mol. The molecule has 0 spiro atoms. The number of carbonyl (C=O) groups excluding carboxylic acids is 1. The topological polar surface area (TPSA) is 92.9 Å². The van der Waals surface area contributed by atoms with Crippen LogP contribution in [0.4, 0.5) is 0 Å². The fraction of sp³-hybridized carbons (Fsp3) is 0.833. The van der Waals surface area contributed by atoms with E-state index in [4.69, 9.17) is 15.6 Å². The Balaban J connectivity index is 2.45. The van der Waals surface area contributed by atoms with Crippen LogP contribution in [0.1, 0.15) is 20.8 Å². The second-order valence-electron chi connectivity index (χ2n) is 5.41. The minimum atomic E-state index is -0.997. The normalized spacial score (nSPS) is 19.5. The van der Waals surface area contributed by atoms with Crippen LogP contribution in [0.25, 0.3) is 0 Å². The fourth-order valence-corrected chi connectivity index (χ4v) is 2.14. The van der Waals surface area contributed by atoms with Crippen LogP contribution in [-0.2, 0) is 14.3 Å². The Hall–Kier alpha value is -1.14. The standard InChI is InChI=1S/C12H22N2O4/c1-8(2)9(4-13)11(17)14-6-12(3,7-14)18-5-10(15)16/h8-9H,4-7,13H2,1-3H3,(H,15,16). The molecule has 0 aromatic rings. The molecular weight excluding hydrogens is 236 g/mol. The number of likely N-dealkylation sites (tertiary alicyclic amines) is 1. The zero-order valence-electron chi connectivity index (χ0n) is 11.2. The van der Waals surface area contributed by atoms with Crippen molar-refractivity contribution in [3.05, 3.63) is 0 Å². The molecule has 0 aromatic heterocycles. The van der Waals surface area contributed by atoms with Crippen molar-refractivity contribution in [1.82, 2.24) is 4.90 Å². The van der Waals surface area contributed by atoms with Crippen molar-refractivity contribution in [3.8, 4) is 0 Å². The number of hydrogen-bond donors (Lipinski definition) is 2. The van der Waals surface area contributed by atoms with E-state index >= 15 is 0 Å². The van der Waals surface area contributed by atoms with Crippen molar-refractivity contribution >= 4 is 11.9 Å². The molecule has 0 radical (unpaired) electrons. The van der Waals surface area contributed by atoms with Gasteiger partial charge in [0.1, 0.15) is 12.2 Å². The van der Waals surface area contributed by atoms with Crippen molar-refractivity contribution in [3.63, 3.8) is 0 Å². The predicted octanol–water partition coefficient (Wildman–Crippen LogP) is -0.0806. The average molecular weight is 258 g/mol. The van der Waals surface area contributed by atoms with Crippen molar-refractivity contribution < 1.29 is 19.4 Å². The van der Waals surface area contributed by atoms with Crippen LogP contribution in [0.15, 0.2) is 0 Å². The highest BCUT2D eigenvalue weighted by molar-refractivity contribution is 5.80. The molecule has 0 aliphatic carbocycles. The van der Waals surface area contributed by atoms with E-state index in [0.717, 1.165) is 0 Å². The molecule has 18 heavy (non-hydrogen) atoms. The van der Waals surface area contributed by atoms with Gasteiger partial charge in [0.25, 0.3) is 0 Å². The lowest BCUT2D eigenvalue weighted by Crippen LogP contribution is -2.65. The van der Waals surface area contributed by atoms with Gasteiger partial charge >= 0.3 is 5.97 Å². The van der Waals surface area contributed by atoms with Crippen LogP contribution < -0.4 is 5.73 Å². The van der Waals surface area contributed by atoms with Gasteiger partial charge in [-0.2, -0.15) is 0 Å². The van der Waals surface area contributed by atoms with Gasteiger partial charge < -0.3 is 20.5 Å². The number of nitrogens with zero attached hydrogens (tertiary/aromatic N) is 1. The largest absolute Gasteiger partial charge is 0.480 e. The van der Waals surface area contributed by atoms with Gasteiger partial charge in [-0.15, -0.1) is 0 Å². The lowest BCUT2D eigenvalue weighted by molar-refractivity contribution is -0.176. The van der Waals surface area contributed by atoms with Crippen LogP contribution in [-0.4, -0.2) is 53.7 Å². The molecule has 3 N–H and O–H groups in total. The first kappa shape index (κ1) is 14.9. The minimum absolute atomic E-state index is 0.0314. The Labute approximate surface area is 107 Å². The summed E-state index contributed by atoms with van der Waals surface area (Å²) < 4.78 is 5.26. The van der Waals surface area contributed by atoms with Gasteiger partial charge in [-0.3, -0.25) is 4.79 Å². The third kappa shape index (κ3) is 3.43. The summed E-state index contributed by atoms with van der Waals surface area (Å²) >= 11 is 0. The number of aliphatic carboxylic acids is 1. The second-order valence-corrected chi connectivity index (χ2v) is 5.41. The first-order valence-electron chi connectivity index (χ1n) is 6.13. The Morgan fingerprint density at radius 1 is 1.44 bits per heavy atom. The van der Waals surface area contributed by atoms with Gasteiger partial charge in [-0.1, -0.05) is 13.8 Å². The summed E-state index contributed by atoms with van der Waals surface area (Å²) in [6.07, 6.45) is 0. The molecule has 1 rings (SSSR count). The van der Waals surface area contributed by atoms with Crippen molar-refractivity contribution in [2.45, 2.75) is 26.4 Å². The molecular formula is C12H22N2O4. The summed E-state index contributed by atoms with van der Waals surface area (Å²) in [4.78, 5) is 24.2. The number of ether oxygens (including phenoxy) is 1. The summed E-state index contributed by atoms with van der Waals surface area (Å²) in [6.45, 7) is 6.62. The lowest BCUT2D eigenvalue weighted by Gasteiger charge is -2.48. The van der Waals surface area contributed by atoms with Gasteiger partial charge in [0, 0.05) is 6.54 Å². The molecule has 1 amide bonds. The van der Waals surface area contributed by atoms with Crippen LogP contribution in [0.5, 0.6) is 0 Å². The van der Waals surface area contributed by atoms with Crippen LogP contribution in [0.3, 0.4) is 0 Å². The molecule has 6 nitrogen and oxygen atoms in total. The maximum absolute atomic E-state index is 12.1. The molecule has 104 valence electrons. The third-order valence-electron chi connectivity index (χ3n) is 3.28. The SMILES string of the molecule is CC(C)C(CN)C(=O)N1CC(C)(OCC(=O)O)C1. The highest BCUT2D eigenvalue weighted by Crippen LogP contribution is 2.27. The smallest absolute Gasteiger partial charge is 0.329 e. The quantitative estimate of drug-likeness (QED) is 0.695. The summed E-state index contributed by atoms with van der Waals surface area (Å²) in [5.74, 6) is -0.935. The molecule has 1 saturated heterocycles. The van der Waals surface area contributed by atoms with Gasteiger partial charge in [-0.05, 0) is 12.8 Å². The molecule has 0 aromatic carbocycles. The van der Waals surface area contributed by atoms with Crippen molar-refractivity contribution in [1.29, 1.82) is 0 Å². The molecule has 1 unspecified atom stereocenters. The van der Waals surface area contributed by atoms with Crippen LogP contribution >= 0.6 is 0 Å². The third-order valence-corrected chi connectivity index (χ3v) is 3.28. The number of rotatable bonds is 6. The minimum Gasteiger partial charge on any atom is -0.480 e.